The standard InChI is InChI=1S/C11H17NO3S/c1-11(2,3)15-10-7-5-9(6-8-10)12-16(4,13)14/h5-8H,1-4H3,(H,12,13,14). The Morgan fingerprint density at radius 3 is 2.12 bits per heavy atom. The topological polar surface area (TPSA) is 58.9 Å². The van der Waals surface area contributed by atoms with Gasteiger partial charge in [-0.2, -0.15) is 4.36 Å². The van der Waals surface area contributed by atoms with Crippen molar-refractivity contribution in [1.82, 2.24) is 0 Å². The molecule has 0 radical (unpaired) electrons. The lowest BCUT2D eigenvalue weighted by Gasteiger charge is -2.21. The molecule has 0 saturated heterocycles. The van der Waals surface area contributed by atoms with Crippen LogP contribution in [-0.2, 0) is 10.0 Å². The summed E-state index contributed by atoms with van der Waals surface area (Å²) in [6, 6.07) is 6.77. The molecular weight excluding hydrogens is 226 g/mol. The van der Waals surface area contributed by atoms with Gasteiger partial charge in [-0.3, -0.25) is 0 Å². The van der Waals surface area contributed by atoms with Crippen molar-refractivity contribution in [1.29, 1.82) is 0 Å². The summed E-state index contributed by atoms with van der Waals surface area (Å²) in [7, 11) is -3.09. The first-order chi connectivity index (χ1) is 7.16. The van der Waals surface area contributed by atoms with E-state index in [1.807, 2.05) is 20.8 Å². The molecule has 16 heavy (non-hydrogen) atoms. The second kappa shape index (κ2) is 4.43. The predicted octanol–water partition coefficient (Wildman–Crippen LogP) is 3.07. The molecule has 1 atom stereocenters. The van der Waals surface area contributed by atoms with Crippen molar-refractivity contribution in [3.05, 3.63) is 24.3 Å². The van der Waals surface area contributed by atoms with Crippen molar-refractivity contribution in [2.75, 3.05) is 6.26 Å². The fourth-order valence-corrected chi connectivity index (χ4v) is 1.64. The molecule has 5 heteroatoms. The summed E-state index contributed by atoms with van der Waals surface area (Å²) in [6.45, 7) is 5.87. The van der Waals surface area contributed by atoms with Gasteiger partial charge in [0.2, 0.25) is 0 Å². The molecule has 0 aliphatic carbocycles. The summed E-state index contributed by atoms with van der Waals surface area (Å²) in [4.78, 5) is 0. The van der Waals surface area contributed by atoms with Crippen molar-refractivity contribution < 1.29 is 13.5 Å². The molecular formula is C11H17NO3S. The van der Waals surface area contributed by atoms with E-state index < -0.39 is 10.0 Å². The van der Waals surface area contributed by atoms with Gasteiger partial charge in [0.15, 0.2) is 10.0 Å². The second-order valence-electron chi connectivity index (χ2n) is 4.56. The number of benzene rings is 1. The first-order valence-corrected chi connectivity index (χ1v) is 6.77. The highest BCUT2D eigenvalue weighted by Crippen LogP contribution is 2.22. The fraction of sp³-hybridized carbons (Fsp3) is 0.455. The van der Waals surface area contributed by atoms with Gasteiger partial charge >= 0.3 is 0 Å². The molecule has 1 unspecified atom stereocenters. The zero-order chi connectivity index (χ0) is 12.4. The van der Waals surface area contributed by atoms with Gasteiger partial charge in [0, 0.05) is 6.26 Å². The van der Waals surface area contributed by atoms with Crippen LogP contribution in [-0.4, -0.2) is 20.6 Å². The Balaban J connectivity index is 2.89. The maximum absolute atomic E-state index is 11.0. The summed E-state index contributed by atoms with van der Waals surface area (Å²) in [6.07, 6.45) is 1.17. The monoisotopic (exact) mass is 243 g/mol. The molecule has 0 saturated carbocycles. The molecule has 1 aromatic rings. The van der Waals surface area contributed by atoms with E-state index in [2.05, 4.69) is 4.36 Å². The highest BCUT2D eigenvalue weighted by Gasteiger charge is 2.11. The van der Waals surface area contributed by atoms with Crippen LogP contribution >= 0.6 is 0 Å². The minimum atomic E-state index is -3.09. The Morgan fingerprint density at radius 2 is 1.75 bits per heavy atom. The van der Waals surface area contributed by atoms with Crippen LogP contribution < -0.4 is 4.74 Å². The van der Waals surface area contributed by atoms with Crippen molar-refractivity contribution in [2.45, 2.75) is 26.4 Å². The highest BCUT2D eigenvalue weighted by atomic mass is 32.2. The van der Waals surface area contributed by atoms with Crippen LogP contribution in [0, 0.1) is 0 Å². The zero-order valence-corrected chi connectivity index (χ0v) is 10.7. The van der Waals surface area contributed by atoms with E-state index in [4.69, 9.17) is 9.29 Å². The van der Waals surface area contributed by atoms with Crippen molar-refractivity contribution in [2.24, 2.45) is 4.36 Å². The number of hydrogen-bond acceptors (Lipinski definition) is 3. The first-order valence-electron chi connectivity index (χ1n) is 4.89. The summed E-state index contributed by atoms with van der Waals surface area (Å²) in [5.41, 5.74) is 0.213. The minimum Gasteiger partial charge on any atom is -0.488 e. The zero-order valence-electron chi connectivity index (χ0n) is 9.93. The Hall–Kier alpha value is -1.07. The van der Waals surface area contributed by atoms with Gasteiger partial charge in [0.1, 0.15) is 11.4 Å². The van der Waals surface area contributed by atoms with E-state index in [0.29, 0.717) is 11.4 Å². The molecule has 0 heterocycles. The van der Waals surface area contributed by atoms with Crippen LogP contribution in [0.25, 0.3) is 0 Å². The van der Waals surface area contributed by atoms with E-state index in [-0.39, 0.29) is 5.60 Å². The molecule has 0 amide bonds. The molecule has 0 aliphatic rings. The third-order valence-corrected chi connectivity index (χ3v) is 2.09. The summed E-state index contributed by atoms with van der Waals surface area (Å²) in [5, 5.41) is 0. The number of rotatable bonds is 2. The summed E-state index contributed by atoms with van der Waals surface area (Å²) >= 11 is 0. The smallest absolute Gasteiger partial charge is 0.162 e. The van der Waals surface area contributed by atoms with E-state index >= 15 is 0 Å². The number of ether oxygens (including phenoxy) is 1. The van der Waals surface area contributed by atoms with E-state index in [0.717, 1.165) is 0 Å². The quantitative estimate of drug-likeness (QED) is 0.868. The van der Waals surface area contributed by atoms with Crippen molar-refractivity contribution in [3.63, 3.8) is 0 Å². The van der Waals surface area contributed by atoms with Crippen LogP contribution in [0.1, 0.15) is 20.8 Å². The largest absolute Gasteiger partial charge is 0.488 e. The van der Waals surface area contributed by atoms with Gasteiger partial charge in [-0.05, 0) is 45.0 Å². The third kappa shape index (κ3) is 5.14. The molecule has 0 bridgehead atoms. The first kappa shape index (κ1) is 13.0. The molecule has 0 fully saturated rings. The Morgan fingerprint density at radius 1 is 1.25 bits per heavy atom. The number of nitrogens with zero attached hydrogens (tertiary/aromatic N) is 1. The normalized spacial score (nSPS) is 15.3. The SMILES string of the molecule is CC(C)(C)Oc1ccc(N=S(C)(=O)O)cc1. The fourth-order valence-electron chi connectivity index (χ4n) is 1.12. The van der Waals surface area contributed by atoms with Gasteiger partial charge in [0.05, 0.1) is 5.69 Å². The lowest BCUT2D eigenvalue weighted by molar-refractivity contribution is 0.131. The van der Waals surface area contributed by atoms with Crippen molar-refractivity contribution in [3.8, 4) is 5.75 Å². The van der Waals surface area contributed by atoms with Gasteiger partial charge < -0.3 is 9.29 Å². The summed E-state index contributed by atoms with van der Waals surface area (Å²) in [5.74, 6) is 0.715. The second-order valence-corrected chi connectivity index (χ2v) is 6.27. The molecule has 1 rings (SSSR count). The maximum Gasteiger partial charge on any atom is 0.162 e. The molecule has 90 valence electrons. The van der Waals surface area contributed by atoms with Gasteiger partial charge in [-0.1, -0.05) is 0 Å². The molecule has 0 spiro atoms. The van der Waals surface area contributed by atoms with Crippen LogP contribution in [0.4, 0.5) is 5.69 Å². The van der Waals surface area contributed by atoms with Crippen molar-refractivity contribution >= 4 is 15.7 Å². The third-order valence-electron chi connectivity index (χ3n) is 1.54. The Kier molecular flexibility index (Phi) is 3.60. The lowest BCUT2D eigenvalue weighted by atomic mass is 10.2. The predicted molar refractivity (Wildman–Crippen MR) is 65.6 cm³/mol. The minimum absolute atomic E-state index is 0.256. The Labute approximate surface area is 96.7 Å². The average Bonchev–Trinajstić information content (AvgIpc) is 2.03. The van der Waals surface area contributed by atoms with E-state index in [1.54, 1.807) is 24.3 Å². The lowest BCUT2D eigenvalue weighted by Crippen LogP contribution is -2.22. The molecule has 4 nitrogen and oxygen atoms in total. The van der Waals surface area contributed by atoms with Crippen LogP contribution in [0.5, 0.6) is 5.75 Å². The number of hydrogen-bond donors (Lipinski definition) is 1. The Bertz CT molecular complexity index is 457. The molecule has 0 aromatic heterocycles. The van der Waals surface area contributed by atoms with Gasteiger partial charge in [-0.15, -0.1) is 0 Å². The highest BCUT2D eigenvalue weighted by molar-refractivity contribution is 7.87. The van der Waals surface area contributed by atoms with E-state index in [9.17, 15) is 4.21 Å². The maximum atomic E-state index is 11.0. The van der Waals surface area contributed by atoms with E-state index in [1.165, 1.54) is 6.26 Å². The van der Waals surface area contributed by atoms with Crippen LogP contribution in [0.2, 0.25) is 0 Å². The molecule has 1 aromatic carbocycles. The summed E-state index contributed by atoms with van der Waals surface area (Å²) < 4.78 is 29.4. The van der Waals surface area contributed by atoms with Gasteiger partial charge in [0.25, 0.3) is 0 Å². The molecule has 0 aliphatic heterocycles. The average molecular weight is 243 g/mol. The van der Waals surface area contributed by atoms with Crippen LogP contribution in [0.3, 0.4) is 0 Å². The molecule has 1 N–H and O–H groups in total. The van der Waals surface area contributed by atoms with Gasteiger partial charge in [-0.25, -0.2) is 4.21 Å². The van der Waals surface area contributed by atoms with Crippen LogP contribution in [0.15, 0.2) is 28.6 Å².